The van der Waals surface area contributed by atoms with Crippen molar-refractivity contribution in [2.75, 3.05) is 16.4 Å². The Morgan fingerprint density at radius 2 is 1.86 bits per heavy atom. The highest BCUT2D eigenvalue weighted by Crippen LogP contribution is 2.37. The second kappa shape index (κ2) is 11.0. The maximum Gasteiger partial charge on any atom is 0.255 e. The van der Waals surface area contributed by atoms with Crippen molar-refractivity contribution in [1.82, 2.24) is 14.8 Å². The van der Waals surface area contributed by atoms with Gasteiger partial charge in [0.05, 0.1) is 11.7 Å². The Morgan fingerprint density at radius 3 is 2.51 bits per heavy atom. The quantitative estimate of drug-likeness (QED) is 0.274. The number of hydrogen-bond donors (Lipinski definition) is 2. The van der Waals surface area contributed by atoms with Gasteiger partial charge in [0.25, 0.3) is 5.91 Å². The summed E-state index contributed by atoms with van der Waals surface area (Å²) in [5.74, 6) is 2.21. The molecule has 0 aliphatic carbocycles. The predicted octanol–water partition coefficient (Wildman–Crippen LogP) is 6.19. The fourth-order valence-electron chi connectivity index (χ4n) is 3.94. The van der Waals surface area contributed by atoms with Crippen LogP contribution in [0.4, 0.5) is 11.6 Å². The van der Waals surface area contributed by atoms with Crippen molar-refractivity contribution in [2.45, 2.75) is 64.8 Å². The van der Waals surface area contributed by atoms with E-state index in [0.29, 0.717) is 16.7 Å². The van der Waals surface area contributed by atoms with E-state index >= 15 is 0 Å². The molecule has 0 spiro atoms. The van der Waals surface area contributed by atoms with Crippen LogP contribution >= 0.6 is 11.8 Å². The number of aromatic nitrogens is 3. The fraction of sp³-hybridized carbons (Fsp3) is 0.370. The van der Waals surface area contributed by atoms with Crippen molar-refractivity contribution in [1.29, 1.82) is 0 Å². The number of thioether (sulfide) groups is 1. The lowest BCUT2D eigenvalue weighted by Gasteiger charge is -2.28. The Kier molecular flexibility index (Phi) is 7.80. The van der Waals surface area contributed by atoms with Crippen LogP contribution in [0.15, 0.2) is 65.0 Å². The van der Waals surface area contributed by atoms with Gasteiger partial charge in [-0.05, 0) is 63.9 Å². The molecular weight excluding hydrogens is 458 g/mol. The number of hydrogen-bond acceptors (Lipinski definition) is 6. The zero-order valence-corrected chi connectivity index (χ0v) is 21.8. The molecule has 8 heteroatoms. The van der Waals surface area contributed by atoms with Crippen LogP contribution in [-0.4, -0.2) is 32.5 Å². The molecule has 2 N–H and O–H groups in total. The van der Waals surface area contributed by atoms with Gasteiger partial charge in [-0.15, -0.1) is 5.10 Å². The summed E-state index contributed by atoms with van der Waals surface area (Å²) in [6, 6.07) is 15.2. The minimum atomic E-state index is -0.419. The standard InChI is InChI=1S/C27H33N5O2S/c1-6-7-16-35-27-30-26-28-19(5)23(25(33)29-21-12-8-18(4)9-13-21)24(32(26)31-27)20-10-14-22(15-11-20)34-17(2)3/h8-15,17,24H,6-7,16H2,1-5H3,(H,29,33)(H,28,30,31). The van der Waals surface area contributed by atoms with Gasteiger partial charge in [0, 0.05) is 17.1 Å². The number of benzene rings is 2. The van der Waals surface area contributed by atoms with E-state index < -0.39 is 6.04 Å². The third kappa shape index (κ3) is 5.88. The van der Waals surface area contributed by atoms with E-state index in [1.54, 1.807) is 11.8 Å². The molecule has 0 radical (unpaired) electrons. The van der Waals surface area contributed by atoms with Gasteiger partial charge in [0.15, 0.2) is 0 Å². The summed E-state index contributed by atoms with van der Waals surface area (Å²) in [7, 11) is 0. The topological polar surface area (TPSA) is 81.1 Å². The van der Waals surface area contributed by atoms with Crippen LogP contribution in [0.2, 0.25) is 0 Å². The van der Waals surface area contributed by atoms with Crippen LogP contribution in [0.3, 0.4) is 0 Å². The average molecular weight is 492 g/mol. The number of unbranched alkanes of at least 4 members (excludes halogenated alkanes) is 1. The minimum Gasteiger partial charge on any atom is -0.491 e. The normalized spacial score (nSPS) is 15.1. The van der Waals surface area contributed by atoms with E-state index in [1.165, 1.54) is 0 Å². The number of ether oxygens (including phenoxy) is 1. The molecule has 1 amide bonds. The lowest BCUT2D eigenvalue weighted by atomic mass is 9.95. The molecule has 7 nitrogen and oxygen atoms in total. The van der Waals surface area contributed by atoms with Crippen molar-refractivity contribution in [3.05, 3.63) is 70.9 Å². The monoisotopic (exact) mass is 491 g/mol. The zero-order chi connectivity index (χ0) is 24.9. The van der Waals surface area contributed by atoms with Crippen LogP contribution < -0.4 is 15.4 Å². The molecule has 2 heterocycles. The number of carbonyl (C=O) groups is 1. The molecule has 0 fully saturated rings. The lowest BCUT2D eigenvalue weighted by Crippen LogP contribution is -2.31. The van der Waals surface area contributed by atoms with E-state index in [4.69, 9.17) is 14.8 Å². The summed E-state index contributed by atoms with van der Waals surface area (Å²) in [4.78, 5) is 18.3. The van der Waals surface area contributed by atoms with Gasteiger partial charge in [0.1, 0.15) is 11.8 Å². The molecule has 0 bridgehead atoms. The molecule has 0 saturated heterocycles. The van der Waals surface area contributed by atoms with Crippen LogP contribution in [0, 0.1) is 6.92 Å². The molecule has 2 aromatic carbocycles. The molecular formula is C27H33N5O2S. The van der Waals surface area contributed by atoms with Gasteiger partial charge in [-0.1, -0.05) is 54.9 Å². The van der Waals surface area contributed by atoms with Crippen molar-refractivity contribution in [2.24, 2.45) is 0 Å². The van der Waals surface area contributed by atoms with Gasteiger partial charge in [-0.2, -0.15) is 4.98 Å². The van der Waals surface area contributed by atoms with E-state index in [-0.39, 0.29) is 12.0 Å². The van der Waals surface area contributed by atoms with Crippen LogP contribution in [0.1, 0.15) is 57.7 Å². The van der Waals surface area contributed by atoms with Crippen molar-refractivity contribution in [3.63, 3.8) is 0 Å². The highest BCUT2D eigenvalue weighted by atomic mass is 32.2. The molecule has 35 heavy (non-hydrogen) atoms. The second-order valence-electron chi connectivity index (χ2n) is 8.99. The first-order valence-electron chi connectivity index (χ1n) is 12.1. The summed E-state index contributed by atoms with van der Waals surface area (Å²) in [5, 5.41) is 11.9. The Balaban J connectivity index is 1.70. The average Bonchev–Trinajstić information content (AvgIpc) is 3.22. The molecule has 1 aliphatic heterocycles. The largest absolute Gasteiger partial charge is 0.491 e. The van der Waals surface area contributed by atoms with Crippen LogP contribution in [0.25, 0.3) is 0 Å². The van der Waals surface area contributed by atoms with Crippen molar-refractivity contribution >= 4 is 29.3 Å². The number of carbonyl (C=O) groups excluding carboxylic acids is 1. The molecule has 1 aromatic heterocycles. The van der Waals surface area contributed by atoms with Gasteiger partial charge < -0.3 is 15.4 Å². The number of nitrogens with zero attached hydrogens (tertiary/aromatic N) is 3. The Labute approximate surface area is 211 Å². The predicted molar refractivity (Wildman–Crippen MR) is 142 cm³/mol. The molecule has 1 aliphatic rings. The lowest BCUT2D eigenvalue weighted by molar-refractivity contribution is -0.113. The van der Waals surface area contributed by atoms with Gasteiger partial charge in [-0.25, -0.2) is 4.68 Å². The summed E-state index contributed by atoms with van der Waals surface area (Å²) in [6.07, 6.45) is 2.31. The molecule has 4 rings (SSSR count). The Morgan fingerprint density at radius 1 is 1.14 bits per heavy atom. The number of allylic oxidation sites excluding steroid dienone is 1. The molecule has 1 atom stereocenters. The van der Waals surface area contributed by atoms with E-state index in [9.17, 15) is 4.79 Å². The molecule has 3 aromatic rings. The maximum atomic E-state index is 13.6. The first kappa shape index (κ1) is 24.9. The van der Waals surface area contributed by atoms with E-state index in [2.05, 4.69) is 17.6 Å². The van der Waals surface area contributed by atoms with E-state index in [1.807, 2.05) is 80.9 Å². The number of amides is 1. The highest BCUT2D eigenvalue weighted by molar-refractivity contribution is 7.99. The molecule has 0 saturated carbocycles. The summed E-state index contributed by atoms with van der Waals surface area (Å²) in [6.45, 7) is 10.1. The summed E-state index contributed by atoms with van der Waals surface area (Å²) in [5.41, 5.74) is 4.19. The smallest absolute Gasteiger partial charge is 0.255 e. The Bertz CT molecular complexity index is 1200. The molecule has 184 valence electrons. The SMILES string of the molecule is CCCCSc1nc2n(n1)C(c1ccc(OC(C)C)cc1)C(C(=O)Nc1ccc(C)cc1)=C(C)N2. The van der Waals surface area contributed by atoms with Crippen LogP contribution in [-0.2, 0) is 4.79 Å². The summed E-state index contributed by atoms with van der Waals surface area (Å²) < 4.78 is 7.65. The number of aryl methyl sites for hydroxylation is 1. The van der Waals surface area contributed by atoms with E-state index in [0.717, 1.165) is 46.9 Å². The van der Waals surface area contributed by atoms with Crippen molar-refractivity contribution < 1.29 is 9.53 Å². The highest BCUT2D eigenvalue weighted by Gasteiger charge is 2.34. The first-order chi connectivity index (χ1) is 16.9. The second-order valence-corrected chi connectivity index (χ2v) is 10.0. The van der Waals surface area contributed by atoms with Gasteiger partial charge in [-0.3, -0.25) is 4.79 Å². The molecule has 1 unspecified atom stereocenters. The number of fused-ring (bicyclic) bond motifs is 1. The maximum absolute atomic E-state index is 13.6. The zero-order valence-electron chi connectivity index (χ0n) is 21.0. The van der Waals surface area contributed by atoms with Crippen LogP contribution in [0.5, 0.6) is 5.75 Å². The summed E-state index contributed by atoms with van der Waals surface area (Å²) >= 11 is 1.64. The Hall–Kier alpha value is -3.26. The van der Waals surface area contributed by atoms with Gasteiger partial charge in [0.2, 0.25) is 11.1 Å². The third-order valence-corrected chi connectivity index (χ3v) is 6.61. The van der Waals surface area contributed by atoms with Gasteiger partial charge >= 0.3 is 0 Å². The third-order valence-electron chi connectivity index (χ3n) is 5.68. The van der Waals surface area contributed by atoms with Crippen molar-refractivity contribution in [3.8, 4) is 5.75 Å². The first-order valence-corrected chi connectivity index (χ1v) is 13.1. The number of rotatable bonds is 9. The minimum absolute atomic E-state index is 0.0855. The number of anilines is 2. The number of nitrogens with one attached hydrogen (secondary N) is 2. The fourth-order valence-corrected chi connectivity index (χ4v) is 4.85.